The van der Waals surface area contributed by atoms with Gasteiger partial charge in [0, 0.05) is 29.3 Å². The Balaban J connectivity index is 1.99. The Hall–Kier alpha value is -1.36. The van der Waals surface area contributed by atoms with Crippen LogP contribution in [-0.4, -0.2) is 47.1 Å². The lowest BCUT2D eigenvalue weighted by Gasteiger charge is -2.47. The van der Waals surface area contributed by atoms with Gasteiger partial charge in [0.25, 0.3) is 0 Å². The smallest absolute Gasteiger partial charge is 0.331 e. The second kappa shape index (κ2) is 5.95. The van der Waals surface area contributed by atoms with Crippen LogP contribution in [0.15, 0.2) is 11.1 Å². The first-order valence-electron chi connectivity index (χ1n) is 7.33. The van der Waals surface area contributed by atoms with Crippen LogP contribution in [0.3, 0.4) is 0 Å². The molecule has 2 atom stereocenters. The van der Waals surface area contributed by atoms with E-state index in [-0.39, 0.29) is 17.5 Å². The number of piperidine rings is 2. The Morgan fingerprint density at radius 1 is 1.10 bits per heavy atom. The summed E-state index contributed by atoms with van der Waals surface area (Å²) in [6.45, 7) is 3.05. The molecule has 2 saturated heterocycles. The van der Waals surface area contributed by atoms with Crippen molar-refractivity contribution in [2.45, 2.75) is 64.1 Å². The maximum atomic E-state index is 12.1. The second-order valence-corrected chi connectivity index (χ2v) is 6.10. The Bertz CT molecular complexity index is 430. The standard InChI is InChI=1S/C15H24N2O3/c1-9(10(2)15(19)20)14(18)16-11-7-12-5-4-6-13(8-11)17(12)3/h11-13H,4-8H2,1-3H3,(H,16,18)(H,19,20). The van der Waals surface area contributed by atoms with E-state index < -0.39 is 5.97 Å². The molecule has 112 valence electrons. The number of carboxylic acids is 1. The van der Waals surface area contributed by atoms with Crippen molar-refractivity contribution in [2.75, 3.05) is 7.05 Å². The summed E-state index contributed by atoms with van der Waals surface area (Å²) < 4.78 is 0. The highest BCUT2D eigenvalue weighted by Crippen LogP contribution is 2.32. The van der Waals surface area contributed by atoms with Gasteiger partial charge in [-0.2, -0.15) is 0 Å². The molecule has 1 amide bonds. The lowest BCUT2D eigenvalue weighted by molar-refractivity contribution is -0.133. The molecular weight excluding hydrogens is 256 g/mol. The van der Waals surface area contributed by atoms with Crippen molar-refractivity contribution in [2.24, 2.45) is 0 Å². The number of carboxylic acid groups (broad SMARTS) is 1. The highest BCUT2D eigenvalue weighted by Gasteiger charge is 2.36. The van der Waals surface area contributed by atoms with Crippen LogP contribution >= 0.6 is 0 Å². The lowest BCUT2D eigenvalue weighted by Crippen LogP contribution is -2.55. The molecule has 2 fully saturated rings. The SMILES string of the molecule is CC(C(=O)O)=C(C)C(=O)NC1CC2CCCC(C1)N2C. The number of nitrogens with zero attached hydrogens (tertiary/aromatic N) is 1. The van der Waals surface area contributed by atoms with Crippen molar-refractivity contribution in [3.8, 4) is 0 Å². The van der Waals surface area contributed by atoms with E-state index in [0.29, 0.717) is 17.7 Å². The molecule has 2 unspecified atom stereocenters. The summed E-state index contributed by atoms with van der Waals surface area (Å²) >= 11 is 0. The van der Waals surface area contributed by atoms with Gasteiger partial charge in [-0.25, -0.2) is 4.79 Å². The van der Waals surface area contributed by atoms with Crippen LogP contribution in [0.4, 0.5) is 0 Å². The quantitative estimate of drug-likeness (QED) is 0.769. The summed E-state index contributed by atoms with van der Waals surface area (Å²) in [4.78, 5) is 25.4. The third-order valence-electron chi connectivity index (χ3n) is 4.90. The minimum absolute atomic E-state index is 0.121. The molecule has 5 heteroatoms. The molecule has 2 aliphatic rings. The van der Waals surface area contributed by atoms with E-state index in [2.05, 4.69) is 17.3 Å². The van der Waals surface area contributed by atoms with Gasteiger partial charge in [-0.15, -0.1) is 0 Å². The third-order valence-corrected chi connectivity index (χ3v) is 4.90. The van der Waals surface area contributed by atoms with Crippen LogP contribution in [0.25, 0.3) is 0 Å². The zero-order valence-corrected chi connectivity index (χ0v) is 12.5. The summed E-state index contributed by atoms with van der Waals surface area (Å²) in [7, 11) is 2.17. The van der Waals surface area contributed by atoms with E-state index in [1.54, 1.807) is 6.92 Å². The van der Waals surface area contributed by atoms with Gasteiger partial charge in [0.1, 0.15) is 0 Å². The van der Waals surface area contributed by atoms with E-state index in [4.69, 9.17) is 5.11 Å². The average Bonchev–Trinajstić information content (AvgIpc) is 2.38. The largest absolute Gasteiger partial charge is 0.478 e. The Morgan fingerprint density at radius 3 is 2.15 bits per heavy atom. The molecule has 0 aromatic rings. The van der Waals surface area contributed by atoms with Gasteiger partial charge in [0.2, 0.25) is 5.91 Å². The number of carbonyl (C=O) groups is 2. The molecular formula is C15H24N2O3. The lowest BCUT2D eigenvalue weighted by atomic mass is 9.82. The molecule has 0 radical (unpaired) electrons. The Labute approximate surface area is 120 Å². The van der Waals surface area contributed by atoms with Crippen molar-refractivity contribution >= 4 is 11.9 Å². The Morgan fingerprint density at radius 2 is 1.65 bits per heavy atom. The fourth-order valence-corrected chi connectivity index (χ4v) is 3.36. The zero-order chi connectivity index (χ0) is 14.9. The van der Waals surface area contributed by atoms with E-state index in [1.807, 2.05) is 0 Å². The minimum atomic E-state index is -1.03. The summed E-state index contributed by atoms with van der Waals surface area (Å²) in [5.74, 6) is -1.27. The van der Waals surface area contributed by atoms with Crippen LogP contribution in [0.2, 0.25) is 0 Å². The molecule has 2 aliphatic heterocycles. The highest BCUT2D eigenvalue weighted by molar-refractivity contribution is 6.01. The number of fused-ring (bicyclic) bond motifs is 2. The van der Waals surface area contributed by atoms with Crippen molar-refractivity contribution < 1.29 is 14.7 Å². The van der Waals surface area contributed by atoms with Crippen molar-refractivity contribution in [1.82, 2.24) is 10.2 Å². The van der Waals surface area contributed by atoms with E-state index >= 15 is 0 Å². The van der Waals surface area contributed by atoms with Crippen molar-refractivity contribution in [3.63, 3.8) is 0 Å². The average molecular weight is 280 g/mol. The van der Waals surface area contributed by atoms with Crippen LogP contribution in [-0.2, 0) is 9.59 Å². The number of rotatable bonds is 3. The van der Waals surface area contributed by atoms with Gasteiger partial charge >= 0.3 is 5.97 Å². The van der Waals surface area contributed by atoms with Crippen LogP contribution in [0, 0.1) is 0 Å². The highest BCUT2D eigenvalue weighted by atomic mass is 16.4. The maximum Gasteiger partial charge on any atom is 0.331 e. The first-order chi connectivity index (χ1) is 9.40. The van der Waals surface area contributed by atoms with Crippen molar-refractivity contribution in [3.05, 3.63) is 11.1 Å². The van der Waals surface area contributed by atoms with E-state index in [9.17, 15) is 9.59 Å². The predicted octanol–water partition coefficient (Wildman–Crippen LogP) is 1.54. The van der Waals surface area contributed by atoms with Crippen molar-refractivity contribution in [1.29, 1.82) is 0 Å². The molecule has 2 heterocycles. The van der Waals surface area contributed by atoms with Gasteiger partial charge in [-0.1, -0.05) is 6.42 Å². The minimum Gasteiger partial charge on any atom is -0.478 e. The number of carbonyl (C=O) groups excluding carboxylic acids is 1. The molecule has 0 aromatic heterocycles. The second-order valence-electron chi connectivity index (χ2n) is 6.10. The molecule has 2 bridgehead atoms. The molecule has 20 heavy (non-hydrogen) atoms. The fourth-order valence-electron chi connectivity index (χ4n) is 3.36. The molecule has 0 aliphatic carbocycles. The molecule has 0 spiro atoms. The van der Waals surface area contributed by atoms with E-state index in [0.717, 1.165) is 12.8 Å². The van der Waals surface area contributed by atoms with Crippen LogP contribution < -0.4 is 5.32 Å². The Kier molecular flexibility index (Phi) is 4.48. The van der Waals surface area contributed by atoms with Gasteiger partial charge in [0.05, 0.1) is 0 Å². The topological polar surface area (TPSA) is 69.6 Å². The summed E-state index contributed by atoms with van der Waals surface area (Å²) in [6.07, 6.45) is 5.61. The van der Waals surface area contributed by atoms with Gasteiger partial charge in [0.15, 0.2) is 0 Å². The normalized spacial score (nSPS) is 31.4. The predicted molar refractivity (Wildman–Crippen MR) is 76.4 cm³/mol. The summed E-state index contributed by atoms with van der Waals surface area (Å²) in [6, 6.07) is 1.28. The number of nitrogens with one attached hydrogen (secondary N) is 1. The number of hydrogen-bond donors (Lipinski definition) is 2. The fraction of sp³-hybridized carbons (Fsp3) is 0.733. The molecule has 5 nitrogen and oxygen atoms in total. The van der Waals surface area contributed by atoms with Gasteiger partial charge < -0.3 is 15.3 Å². The van der Waals surface area contributed by atoms with Crippen LogP contribution in [0.5, 0.6) is 0 Å². The summed E-state index contributed by atoms with van der Waals surface area (Å²) in [5, 5.41) is 11.9. The third kappa shape index (κ3) is 3.03. The molecule has 0 aromatic carbocycles. The molecule has 2 N–H and O–H groups in total. The first kappa shape index (κ1) is 15.0. The maximum absolute atomic E-state index is 12.1. The van der Waals surface area contributed by atoms with Gasteiger partial charge in [-0.3, -0.25) is 4.79 Å². The van der Waals surface area contributed by atoms with E-state index in [1.165, 1.54) is 26.2 Å². The molecule has 2 rings (SSSR count). The van der Waals surface area contributed by atoms with Gasteiger partial charge in [-0.05, 0) is 46.6 Å². The molecule has 0 saturated carbocycles. The van der Waals surface area contributed by atoms with Crippen LogP contribution in [0.1, 0.15) is 46.0 Å². The summed E-state index contributed by atoms with van der Waals surface area (Å²) in [5.41, 5.74) is 0.428. The number of hydrogen-bond acceptors (Lipinski definition) is 3. The number of aliphatic carboxylic acids is 1. The first-order valence-corrected chi connectivity index (χ1v) is 7.33. The monoisotopic (exact) mass is 280 g/mol. The number of amides is 1. The zero-order valence-electron chi connectivity index (χ0n) is 12.5.